The summed E-state index contributed by atoms with van der Waals surface area (Å²) >= 11 is 0. The molecule has 1 unspecified atom stereocenters. The van der Waals surface area contributed by atoms with E-state index in [2.05, 4.69) is 20.4 Å². The van der Waals surface area contributed by atoms with Crippen molar-refractivity contribution in [2.75, 3.05) is 13.2 Å². The van der Waals surface area contributed by atoms with Gasteiger partial charge < -0.3 is 10.1 Å². The number of rotatable bonds is 37. The van der Waals surface area contributed by atoms with Gasteiger partial charge in [-0.15, -0.1) is 0 Å². The Morgan fingerprint density at radius 1 is 0.523 bits per heavy atom. The Bertz CT molecular complexity index is 643. The summed E-state index contributed by atoms with van der Waals surface area (Å²) in [6.07, 6.45) is 40.6. The van der Waals surface area contributed by atoms with Crippen LogP contribution < -0.4 is 0 Å². The molecule has 0 saturated heterocycles. The smallest absolute Gasteiger partial charge is 0.160 e. The Morgan fingerprint density at radius 3 is 1.27 bits per heavy atom. The summed E-state index contributed by atoms with van der Waals surface area (Å²) in [4.78, 5) is 11.8. The van der Waals surface area contributed by atoms with Gasteiger partial charge in [-0.25, -0.2) is 0 Å². The van der Waals surface area contributed by atoms with Crippen molar-refractivity contribution in [1.29, 1.82) is 5.41 Å². The molecule has 260 valence electrons. The second-order valence-corrected chi connectivity index (χ2v) is 14.0. The fourth-order valence-electron chi connectivity index (χ4n) is 6.32. The lowest BCUT2D eigenvalue weighted by Crippen LogP contribution is -2.17. The normalized spacial score (nSPS) is 12.1. The highest BCUT2D eigenvalue weighted by atomic mass is 16.5. The van der Waals surface area contributed by atoms with Crippen molar-refractivity contribution < 1.29 is 9.53 Å². The monoisotopic (exact) mass is 618 g/mol. The molecule has 3 nitrogen and oxygen atoms in total. The highest BCUT2D eigenvalue weighted by Gasteiger charge is 2.15. The van der Waals surface area contributed by atoms with E-state index in [0.29, 0.717) is 31.1 Å². The maximum absolute atomic E-state index is 11.8. The summed E-state index contributed by atoms with van der Waals surface area (Å²) in [6.45, 7) is 11.2. The third kappa shape index (κ3) is 31.0. The summed E-state index contributed by atoms with van der Waals surface area (Å²) in [5.74, 6) is 0.445. The van der Waals surface area contributed by atoms with Gasteiger partial charge in [-0.1, -0.05) is 187 Å². The van der Waals surface area contributed by atoms with E-state index in [1.807, 2.05) is 0 Å². The lowest BCUT2D eigenvalue weighted by Gasteiger charge is -2.18. The molecule has 1 atom stereocenters. The van der Waals surface area contributed by atoms with Gasteiger partial charge in [0.05, 0.1) is 6.61 Å². The van der Waals surface area contributed by atoms with Crippen LogP contribution >= 0.6 is 0 Å². The number of unbranched alkanes of at least 4 members (excludes halogenated alkanes) is 25. The van der Waals surface area contributed by atoms with E-state index in [9.17, 15) is 4.79 Å². The fraction of sp³-hybridized carbons (Fsp3) is 0.902. The summed E-state index contributed by atoms with van der Waals surface area (Å²) in [5.41, 5.74) is 1.56. The number of ketones is 1. The molecule has 44 heavy (non-hydrogen) atoms. The number of nitrogens with one attached hydrogen (secondary N) is 1. The van der Waals surface area contributed by atoms with Crippen LogP contribution in [0.2, 0.25) is 0 Å². The fourth-order valence-corrected chi connectivity index (χ4v) is 6.32. The molecule has 3 heteroatoms. The van der Waals surface area contributed by atoms with Gasteiger partial charge in [0, 0.05) is 18.7 Å². The Morgan fingerprint density at radius 2 is 0.886 bits per heavy atom. The molecule has 0 radical (unpaired) electrons. The maximum Gasteiger partial charge on any atom is 0.160 e. The number of allylic oxidation sites excluding steroid dienone is 1. The zero-order valence-corrected chi connectivity index (χ0v) is 30.4. The van der Waals surface area contributed by atoms with Gasteiger partial charge in [-0.3, -0.25) is 4.79 Å². The number of carbonyl (C=O) groups is 1. The number of hydrogen-bond donors (Lipinski definition) is 1. The summed E-state index contributed by atoms with van der Waals surface area (Å²) in [7, 11) is 0. The van der Waals surface area contributed by atoms with E-state index in [4.69, 9.17) is 10.1 Å². The Labute approximate surface area is 277 Å². The van der Waals surface area contributed by atoms with Crippen LogP contribution in [-0.2, 0) is 9.53 Å². The number of hydrogen-bond acceptors (Lipinski definition) is 3. The van der Waals surface area contributed by atoms with Crippen molar-refractivity contribution in [2.45, 2.75) is 220 Å². The molecule has 0 bridgehead atoms. The van der Waals surface area contributed by atoms with Gasteiger partial charge in [0.1, 0.15) is 0 Å². The predicted octanol–water partition coefficient (Wildman–Crippen LogP) is 13.9. The molecule has 0 rings (SSSR count). The lowest BCUT2D eigenvalue weighted by molar-refractivity contribution is -0.116. The summed E-state index contributed by atoms with van der Waals surface area (Å²) in [5, 5.41) is 8.86. The maximum atomic E-state index is 11.8. The van der Waals surface area contributed by atoms with Crippen LogP contribution in [0.1, 0.15) is 220 Å². The molecular weight excluding hydrogens is 538 g/mol. The zero-order chi connectivity index (χ0) is 32.4. The van der Waals surface area contributed by atoms with Crippen molar-refractivity contribution in [2.24, 2.45) is 5.92 Å². The molecular formula is C41H79NO2. The minimum Gasteiger partial charge on any atom is -0.381 e. The Hall–Kier alpha value is -0.960. The van der Waals surface area contributed by atoms with Crippen LogP contribution in [0.25, 0.3) is 0 Å². The summed E-state index contributed by atoms with van der Waals surface area (Å²) in [6, 6.07) is 0. The Kier molecular flexibility index (Phi) is 34.1. The van der Waals surface area contributed by atoms with Gasteiger partial charge in [-0.05, 0) is 44.1 Å². The molecule has 0 fully saturated rings. The van der Waals surface area contributed by atoms with Crippen molar-refractivity contribution in [3.63, 3.8) is 0 Å². The van der Waals surface area contributed by atoms with Crippen LogP contribution in [0.5, 0.6) is 0 Å². The molecule has 0 saturated carbocycles. The molecule has 0 aromatic rings. The topological polar surface area (TPSA) is 50.2 Å². The zero-order valence-electron chi connectivity index (χ0n) is 30.4. The predicted molar refractivity (Wildman–Crippen MR) is 196 cm³/mol. The minimum atomic E-state index is 0.0964. The van der Waals surface area contributed by atoms with Crippen molar-refractivity contribution in [3.8, 4) is 0 Å². The van der Waals surface area contributed by atoms with Crippen LogP contribution in [-0.4, -0.2) is 24.7 Å². The third-order valence-corrected chi connectivity index (χ3v) is 9.51. The largest absolute Gasteiger partial charge is 0.381 e. The van der Waals surface area contributed by atoms with Crippen molar-refractivity contribution >= 4 is 11.5 Å². The van der Waals surface area contributed by atoms with E-state index in [1.54, 1.807) is 6.92 Å². The minimum absolute atomic E-state index is 0.0964. The summed E-state index contributed by atoms with van der Waals surface area (Å²) < 4.78 is 5.82. The van der Waals surface area contributed by atoms with Crippen molar-refractivity contribution in [3.05, 3.63) is 12.2 Å². The van der Waals surface area contributed by atoms with Crippen LogP contribution in [0.3, 0.4) is 0 Å². The molecule has 0 spiro atoms. The highest BCUT2D eigenvalue weighted by molar-refractivity contribution is 5.94. The van der Waals surface area contributed by atoms with Crippen molar-refractivity contribution in [1.82, 2.24) is 0 Å². The second-order valence-electron chi connectivity index (χ2n) is 14.0. The van der Waals surface area contributed by atoms with Gasteiger partial charge >= 0.3 is 0 Å². The Balaban J connectivity index is 4.05. The molecule has 0 heterocycles. The van der Waals surface area contributed by atoms with E-state index in [0.717, 1.165) is 25.0 Å². The lowest BCUT2D eigenvalue weighted by atomic mass is 9.90. The molecule has 0 aliphatic rings. The van der Waals surface area contributed by atoms with Gasteiger partial charge in [0.25, 0.3) is 0 Å². The van der Waals surface area contributed by atoms with Crippen LogP contribution in [0.4, 0.5) is 0 Å². The van der Waals surface area contributed by atoms with Crippen LogP contribution in [0.15, 0.2) is 12.2 Å². The molecule has 0 aromatic carbocycles. The van der Waals surface area contributed by atoms with E-state index in [1.165, 1.54) is 173 Å². The second kappa shape index (κ2) is 34.9. The first-order valence-corrected chi connectivity index (χ1v) is 19.9. The van der Waals surface area contributed by atoms with Gasteiger partial charge in [-0.2, -0.15) is 0 Å². The molecule has 0 aromatic heterocycles. The average Bonchev–Trinajstić information content (AvgIpc) is 3.01. The highest BCUT2D eigenvalue weighted by Crippen LogP contribution is 2.21. The van der Waals surface area contributed by atoms with Gasteiger partial charge in [0.15, 0.2) is 5.78 Å². The number of ether oxygens (including phenoxy) is 1. The molecule has 0 amide bonds. The standard InChI is InChI=1S/C41H79NO2/c1-5-7-9-11-13-15-17-19-21-23-25-27-29-31-33-40(42)39(34-36-44-37-35-41(43)38(3)4)32-30-28-26-24-22-20-18-16-14-12-10-8-6-2/h39,42H,3,5-37H2,1-2,4H3. The van der Waals surface area contributed by atoms with Crippen LogP contribution in [0, 0.1) is 11.3 Å². The molecule has 1 N–H and O–H groups in total. The van der Waals surface area contributed by atoms with Gasteiger partial charge in [0.2, 0.25) is 0 Å². The average molecular weight is 618 g/mol. The molecule has 0 aliphatic heterocycles. The first kappa shape index (κ1) is 43.0. The SMILES string of the molecule is C=C(C)C(=O)CCOCCC(CCCCCCCCCCCCCCC)C(=N)CCCCCCCCCCCCCCCC. The molecule has 0 aliphatic carbocycles. The first-order valence-electron chi connectivity index (χ1n) is 19.9. The van der Waals surface area contributed by atoms with E-state index in [-0.39, 0.29) is 5.78 Å². The number of carbonyl (C=O) groups excluding carboxylic acids is 1. The quantitative estimate of drug-likeness (QED) is 0.0428. The number of Topliss-reactive ketones (excluding diaryl/α,β-unsaturated/α-hetero) is 1. The third-order valence-electron chi connectivity index (χ3n) is 9.51. The van der Waals surface area contributed by atoms with E-state index < -0.39 is 0 Å². The van der Waals surface area contributed by atoms with E-state index >= 15 is 0 Å². The first-order chi connectivity index (χ1) is 21.5.